The number of phosphoric acid groups is 1. The minimum absolute atomic E-state index is 0.0222. The molecule has 1 N–H and O–H groups in total. The first kappa shape index (κ1) is 75.0. The molecule has 3 atom stereocenters. The Balaban J connectivity index is 5.16. The van der Waals surface area contributed by atoms with Gasteiger partial charge in [0.2, 0.25) is 5.91 Å². The van der Waals surface area contributed by atoms with Gasteiger partial charge in [-0.1, -0.05) is 262 Å². The van der Waals surface area contributed by atoms with Gasteiger partial charge in [-0.3, -0.25) is 14.2 Å². The number of likely N-dealkylation sites (N-methyl/N-ethyl adjacent to an activating group) is 1. The fourth-order valence-corrected chi connectivity index (χ4v) is 10.3. The molecule has 1 amide bonds. The number of phosphoric ester groups is 1. The van der Waals surface area contributed by atoms with Crippen LogP contribution >= 0.6 is 7.82 Å². The van der Waals surface area contributed by atoms with E-state index in [0.29, 0.717) is 17.4 Å². The van der Waals surface area contributed by atoms with Gasteiger partial charge in [-0.05, 0) is 89.5 Å². The quantitative estimate of drug-likeness (QED) is 0.0212. The van der Waals surface area contributed by atoms with Gasteiger partial charge in [0, 0.05) is 12.8 Å². The lowest BCUT2D eigenvalue weighted by Crippen LogP contribution is -2.47. The van der Waals surface area contributed by atoms with Gasteiger partial charge >= 0.3 is 5.97 Å². The fourth-order valence-electron chi connectivity index (χ4n) is 9.61. The zero-order chi connectivity index (χ0) is 56.4. The van der Waals surface area contributed by atoms with Crippen LogP contribution in [0.5, 0.6) is 0 Å². The number of amides is 1. The Hall–Kier alpha value is -2.03. The molecule has 452 valence electrons. The van der Waals surface area contributed by atoms with Crippen molar-refractivity contribution in [2.45, 2.75) is 328 Å². The number of hydrogen-bond acceptors (Lipinski definition) is 7. The Morgan fingerprint density at radius 1 is 0.455 bits per heavy atom. The number of carbonyl (C=O) groups excluding carboxylic acids is 2. The van der Waals surface area contributed by atoms with E-state index >= 15 is 0 Å². The SMILES string of the molecule is CCCCC/C=C\C/C=C\CCCCCCCCCCCCCCCC(=O)OC(/C=C\CCCCCCCCCCCCC)C(COP(=O)([O-])OCC[N+](C)(C)C)NC(=O)CCCCCCCCC/C=C\CCCCCC. The average molecular weight is 1100 g/mol. The lowest BCUT2D eigenvalue weighted by molar-refractivity contribution is -0.870. The number of esters is 1. The Morgan fingerprint density at radius 3 is 1.22 bits per heavy atom. The molecule has 3 unspecified atom stereocenters. The van der Waals surface area contributed by atoms with Crippen molar-refractivity contribution in [1.29, 1.82) is 0 Å². The molecular weight excluding hydrogens is 976 g/mol. The fraction of sp³-hybridized carbons (Fsp3) is 0.851. The Kier molecular flexibility index (Phi) is 55.7. The highest BCUT2D eigenvalue weighted by Gasteiger charge is 2.27. The molecule has 10 heteroatoms. The summed E-state index contributed by atoms with van der Waals surface area (Å²) < 4.78 is 30.4. The highest BCUT2D eigenvalue weighted by Crippen LogP contribution is 2.38. The molecule has 77 heavy (non-hydrogen) atoms. The van der Waals surface area contributed by atoms with Gasteiger partial charge in [0.1, 0.15) is 19.3 Å². The highest BCUT2D eigenvalue weighted by molar-refractivity contribution is 7.45. The van der Waals surface area contributed by atoms with E-state index in [0.717, 1.165) is 77.0 Å². The van der Waals surface area contributed by atoms with E-state index in [1.165, 1.54) is 205 Å². The third-order valence-electron chi connectivity index (χ3n) is 14.7. The van der Waals surface area contributed by atoms with E-state index in [1.54, 1.807) is 0 Å². The molecule has 0 heterocycles. The third kappa shape index (κ3) is 58.4. The molecule has 0 radical (unpaired) electrons. The first-order chi connectivity index (χ1) is 37.4. The van der Waals surface area contributed by atoms with Crippen LogP contribution in [0.1, 0.15) is 316 Å². The predicted octanol–water partition coefficient (Wildman–Crippen LogP) is 19.8. The van der Waals surface area contributed by atoms with Gasteiger partial charge in [0.25, 0.3) is 7.82 Å². The number of rotatable bonds is 60. The first-order valence-corrected chi connectivity index (χ1v) is 34.4. The number of unbranched alkanes of at least 4 members (excludes halogenated alkanes) is 38. The lowest BCUT2D eigenvalue weighted by Gasteiger charge is -2.30. The van der Waals surface area contributed by atoms with Gasteiger partial charge < -0.3 is 28.5 Å². The van der Waals surface area contributed by atoms with Crippen molar-refractivity contribution in [2.24, 2.45) is 0 Å². The van der Waals surface area contributed by atoms with Crippen LogP contribution in [-0.2, 0) is 27.9 Å². The summed E-state index contributed by atoms with van der Waals surface area (Å²) in [5.41, 5.74) is 0. The van der Waals surface area contributed by atoms with Crippen molar-refractivity contribution in [3.05, 3.63) is 48.6 Å². The number of nitrogens with zero attached hydrogens (tertiary/aromatic N) is 1. The number of hydrogen-bond donors (Lipinski definition) is 1. The summed E-state index contributed by atoms with van der Waals surface area (Å²) >= 11 is 0. The van der Waals surface area contributed by atoms with Crippen molar-refractivity contribution in [3.63, 3.8) is 0 Å². The van der Waals surface area contributed by atoms with E-state index in [4.69, 9.17) is 13.8 Å². The summed E-state index contributed by atoms with van der Waals surface area (Å²) in [5, 5.41) is 3.03. The molecule has 0 aromatic carbocycles. The highest BCUT2D eigenvalue weighted by atomic mass is 31.2. The molecule has 0 rings (SSSR count). The van der Waals surface area contributed by atoms with E-state index in [2.05, 4.69) is 62.5 Å². The van der Waals surface area contributed by atoms with Crippen LogP contribution in [0.4, 0.5) is 0 Å². The summed E-state index contributed by atoms with van der Waals surface area (Å²) in [6, 6.07) is -0.889. The largest absolute Gasteiger partial charge is 0.756 e. The molecule has 0 saturated carbocycles. The first-order valence-electron chi connectivity index (χ1n) is 32.9. The molecule has 0 aliphatic rings. The maximum Gasteiger partial charge on any atom is 0.306 e. The summed E-state index contributed by atoms with van der Waals surface area (Å²) in [5.74, 6) is -0.536. The summed E-state index contributed by atoms with van der Waals surface area (Å²) in [7, 11) is 1.19. The van der Waals surface area contributed by atoms with Gasteiger partial charge in [-0.15, -0.1) is 0 Å². The van der Waals surface area contributed by atoms with Crippen LogP contribution in [0.25, 0.3) is 0 Å². The molecular formula is C67H127N2O7P. The van der Waals surface area contributed by atoms with Crippen molar-refractivity contribution in [1.82, 2.24) is 5.32 Å². The van der Waals surface area contributed by atoms with Crippen molar-refractivity contribution >= 4 is 19.7 Å². The summed E-state index contributed by atoms with van der Waals surface area (Å²) in [6.45, 7) is 6.84. The van der Waals surface area contributed by atoms with Crippen LogP contribution in [0.3, 0.4) is 0 Å². The second kappa shape index (κ2) is 57.2. The van der Waals surface area contributed by atoms with Gasteiger partial charge in [0.15, 0.2) is 0 Å². The molecule has 0 saturated heterocycles. The standard InChI is InChI=1S/C67H127N2O7P/c1-7-10-13-16-19-22-25-28-30-31-32-33-34-35-36-37-39-42-45-48-51-54-57-60-67(71)76-65(58-55-52-49-46-43-40-27-24-21-18-15-12-9-3)64(63-75-77(72,73)74-62-61-69(4,5)6)68-66(70)59-56-53-50-47-44-41-38-29-26-23-20-17-14-11-8-2/h19,22-23,26,28,30,55,58,64-65H,7-18,20-21,24-25,27,29,31-54,56-57,59-63H2,1-6H3,(H-,68,70,72,73)/b22-19-,26-23-,30-28-,58-55-. The number of quaternary nitrogens is 1. The maximum atomic E-state index is 13.5. The zero-order valence-electron chi connectivity index (χ0n) is 51.7. The minimum atomic E-state index is -4.70. The molecule has 0 aromatic rings. The molecule has 0 aliphatic carbocycles. The predicted molar refractivity (Wildman–Crippen MR) is 330 cm³/mol. The smallest absolute Gasteiger partial charge is 0.306 e. The Labute approximate surface area is 478 Å². The zero-order valence-corrected chi connectivity index (χ0v) is 52.6. The summed E-state index contributed by atoms with van der Waals surface area (Å²) in [6.07, 6.45) is 70.7. The molecule has 0 bridgehead atoms. The summed E-state index contributed by atoms with van der Waals surface area (Å²) in [4.78, 5) is 40.1. The number of allylic oxidation sites excluding steroid dienone is 7. The van der Waals surface area contributed by atoms with E-state index in [-0.39, 0.29) is 31.5 Å². The number of nitrogens with one attached hydrogen (secondary N) is 1. The van der Waals surface area contributed by atoms with Crippen LogP contribution < -0.4 is 10.2 Å². The molecule has 0 aromatic heterocycles. The maximum absolute atomic E-state index is 13.5. The van der Waals surface area contributed by atoms with Gasteiger partial charge in [0.05, 0.1) is 33.8 Å². The molecule has 0 fully saturated rings. The normalized spacial score (nSPS) is 13.9. The second-order valence-electron chi connectivity index (χ2n) is 23.6. The lowest BCUT2D eigenvalue weighted by atomic mass is 10.0. The van der Waals surface area contributed by atoms with Crippen LogP contribution in [0.15, 0.2) is 48.6 Å². The minimum Gasteiger partial charge on any atom is -0.756 e. The monoisotopic (exact) mass is 1100 g/mol. The number of carbonyl (C=O) groups is 2. The van der Waals surface area contributed by atoms with Crippen molar-refractivity contribution < 1.29 is 37.3 Å². The Morgan fingerprint density at radius 2 is 0.792 bits per heavy atom. The van der Waals surface area contributed by atoms with E-state index in [9.17, 15) is 19.0 Å². The average Bonchev–Trinajstić information content (AvgIpc) is 3.39. The van der Waals surface area contributed by atoms with Gasteiger partial charge in [-0.2, -0.15) is 0 Å². The molecule has 0 spiro atoms. The van der Waals surface area contributed by atoms with Crippen LogP contribution in [0.2, 0.25) is 0 Å². The van der Waals surface area contributed by atoms with E-state index < -0.39 is 20.0 Å². The van der Waals surface area contributed by atoms with Gasteiger partial charge in [-0.25, -0.2) is 0 Å². The Bertz CT molecular complexity index is 1460. The molecule has 0 aliphatic heterocycles. The molecule has 9 nitrogen and oxygen atoms in total. The van der Waals surface area contributed by atoms with Crippen molar-refractivity contribution in [2.75, 3.05) is 40.9 Å². The topological polar surface area (TPSA) is 114 Å². The number of ether oxygens (including phenoxy) is 1. The van der Waals surface area contributed by atoms with Crippen LogP contribution in [-0.4, -0.2) is 69.4 Å². The van der Waals surface area contributed by atoms with Crippen LogP contribution in [0, 0.1) is 0 Å². The van der Waals surface area contributed by atoms with E-state index in [1.807, 2.05) is 33.3 Å². The van der Waals surface area contributed by atoms with Crippen molar-refractivity contribution in [3.8, 4) is 0 Å². The second-order valence-corrected chi connectivity index (χ2v) is 25.0. The third-order valence-corrected chi connectivity index (χ3v) is 15.7.